The number of allylic oxidation sites excluding steroid dienone is 1. The lowest BCUT2D eigenvalue weighted by Gasteiger charge is -2.05. The van der Waals surface area contributed by atoms with Gasteiger partial charge >= 0.3 is 11.9 Å². The van der Waals surface area contributed by atoms with Crippen LogP contribution in [0.1, 0.15) is 32.1 Å². The predicted molar refractivity (Wildman–Crippen MR) is 48.2 cm³/mol. The highest BCUT2D eigenvalue weighted by Crippen LogP contribution is 2.51. The number of carbonyl (C=O) groups is 2. The molecule has 1 heterocycles. The molecular formula is C11H12O3. The van der Waals surface area contributed by atoms with E-state index in [1.807, 2.05) is 0 Å². The fourth-order valence-electron chi connectivity index (χ4n) is 2.25. The lowest BCUT2D eigenvalue weighted by atomic mass is 9.98. The summed E-state index contributed by atoms with van der Waals surface area (Å²) in [6, 6.07) is 0. The molecular weight excluding hydrogens is 180 g/mol. The number of rotatable bonds is 2. The van der Waals surface area contributed by atoms with Crippen LogP contribution >= 0.6 is 0 Å². The van der Waals surface area contributed by atoms with Gasteiger partial charge in [-0.25, -0.2) is 4.79 Å². The molecule has 3 heteroatoms. The molecule has 2 aliphatic carbocycles. The molecule has 3 rings (SSSR count). The first-order valence-corrected chi connectivity index (χ1v) is 5.23. The van der Waals surface area contributed by atoms with Crippen LogP contribution in [0.5, 0.6) is 0 Å². The van der Waals surface area contributed by atoms with Crippen molar-refractivity contribution < 1.29 is 14.3 Å². The Balaban J connectivity index is 1.97. The van der Waals surface area contributed by atoms with Crippen LogP contribution in [0.25, 0.3) is 0 Å². The summed E-state index contributed by atoms with van der Waals surface area (Å²) in [5, 5.41) is 0. The molecule has 0 radical (unpaired) electrons. The Labute approximate surface area is 82.1 Å². The molecule has 1 saturated heterocycles. The zero-order valence-electron chi connectivity index (χ0n) is 7.91. The van der Waals surface area contributed by atoms with Crippen molar-refractivity contribution in [1.29, 1.82) is 0 Å². The number of cyclic esters (lactones) is 2. The molecule has 0 unspecified atom stereocenters. The fraction of sp³-hybridized carbons (Fsp3) is 0.636. The zero-order valence-corrected chi connectivity index (χ0v) is 7.91. The molecule has 0 aromatic carbocycles. The van der Waals surface area contributed by atoms with E-state index in [-0.39, 0.29) is 18.4 Å². The predicted octanol–water partition coefficient (Wildman–Crippen LogP) is 1.58. The minimum atomic E-state index is -0.371. The Morgan fingerprint density at radius 2 is 1.64 bits per heavy atom. The molecule has 14 heavy (non-hydrogen) atoms. The fourth-order valence-corrected chi connectivity index (χ4v) is 2.25. The van der Waals surface area contributed by atoms with Crippen LogP contribution in [0, 0.1) is 11.8 Å². The van der Waals surface area contributed by atoms with Gasteiger partial charge in [0.05, 0.1) is 6.42 Å². The van der Waals surface area contributed by atoms with E-state index >= 15 is 0 Å². The van der Waals surface area contributed by atoms with Crippen molar-refractivity contribution in [3.63, 3.8) is 0 Å². The van der Waals surface area contributed by atoms with Gasteiger partial charge < -0.3 is 4.74 Å². The van der Waals surface area contributed by atoms with Gasteiger partial charge in [-0.05, 0) is 37.5 Å². The second-order valence-corrected chi connectivity index (χ2v) is 4.42. The first kappa shape index (κ1) is 8.21. The molecule has 74 valence electrons. The van der Waals surface area contributed by atoms with Gasteiger partial charge in [0.15, 0.2) is 0 Å². The Hall–Kier alpha value is -1.12. The average Bonchev–Trinajstić information content (AvgIpc) is 2.97. The first-order valence-electron chi connectivity index (χ1n) is 5.23. The van der Waals surface area contributed by atoms with Crippen molar-refractivity contribution in [1.82, 2.24) is 0 Å². The van der Waals surface area contributed by atoms with E-state index in [4.69, 9.17) is 0 Å². The number of carbonyl (C=O) groups excluding carboxylic acids is 2. The average molecular weight is 192 g/mol. The topological polar surface area (TPSA) is 43.4 Å². The van der Waals surface area contributed by atoms with Crippen molar-refractivity contribution in [3.8, 4) is 0 Å². The standard InChI is InChI=1S/C11H12O3/c12-9-5-8(11(13)14-9)10(6-1-2-6)7-3-4-7/h6-7H,1-5H2. The summed E-state index contributed by atoms with van der Waals surface area (Å²) >= 11 is 0. The van der Waals surface area contributed by atoms with Gasteiger partial charge in [0, 0.05) is 5.57 Å². The summed E-state index contributed by atoms with van der Waals surface area (Å²) in [7, 11) is 0. The van der Waals surface area contributed by atoms with Gasteiger partial charge in [-0.3, -0.25) is 4.79 Å². The van der Waals surface area contributed by atoms with Crippen molar-refractivity contribution in [2.24, 2.45) is 11.8 Å². The van der Waals surface area contributed by atoms with Crippen molar-refractivity contribution in [2.45, 2.75) is 32.1 Å². The maximum Gasteiger partial charge on any atom is 0.342 e. The van der Waals surface area contributed by atoms with E-state index in [2.05, 4.69) is 4.74 Å². The summed E-state index contributed by atoms with van der Waals surface area (Å²) in [4.78, 5) is 22.4. The Morgan fingerprint density at radius 3 is 2.00 bits per heavy atom. The summed E-state index contributed by atoms with van der Waals surface area (Å²) in [5.41, 5.74) is 1.96. The third kappa shape index (κ3) is 1.27. The number of ether oxygens (including phenoxy) is 1. The molecule has 0 atom stereocenters. The Kier molecular flexibility index (Phi) is 1.58. The van der Waals surface area contributed by atoms with Gasteiger partial charge in [0.25, 0.3) is 0 Å². The molecule has 3 aliphatic rings. The van der Waals surface area contributed by atoms with Gasteiger partial charge in [-0.1, -0.05) is 5.57 Å². The summed E-state index contributed by atoms with van der Waals surface area (Å²) in [6.45, 7) is 0. The lowest BCUT2D eigenvalue weighted by Crippen LogP contribution is -2.02. The molecule has 0 spiro atoms. The SMILES string of the molecule is O=C1CC(=C(C2CC2)C2CC2)C(=O)O1. The van der Waals surface area contributed by atoms with Crippen LogP contribution in [0.4, 0.5) is 0 Å². The molecule has 0 aromatic heterocycles. The quantitative estimate of drug-likeness (QED) is 0.379. The number of esters is 2. The Morgan fingerprint density at radius 1 is 1.07 bits per heavy atom. The third-order valence-electron chi connectivity index (χ3n) is 3.16. The highest BCUT2D eigenvalue weighted by molar-refractivity contribution is 6.06. The molecule has 3 nitrogen and oxygen atoms in total. The molecule has 0 N–H and O–H groups in total. The van der Waals surface area contributed by atoms with Crippen molar-refractivity contribution >= 4 is 11.9 Å². The van der Waals surface area contributed by atoms with Crippen LogP contribution in [0.2, 0.25) is 0 Å². The van der Waals surface area contributed by atoms with Crippen LogP contribution in [0.15, 0.2) is 11.1 Å². The summed E-state index contributed by atoms with van der Waals surface area (Å²) < 4.78 is 4.57. The molecule has 0 aromatic rings. The van der Waals surface area contributed by atoms with Crippen molar-refractivity contribution in [3.05, 3.63) is 11.1 Å². The third-order valence-corrected chi connectivity index (χ3v) is 3.16. The monoisotopic (exact) mass is 192 g/mol. The number of hydrogen-bond acceptors (Lipinski definition) is 3. The normalized spacial score (nSPS) is 26.7. The van der Waals surface area contributed by atoms with Gasteiger partial charge in [-0.2, -0.15) is 0 Å². The van der Waals surface area contributed by atoms with E-state index < -0.39 is 0 Å². The maximum absolute atomic E-state index is 11.4. The highest BCUT2D eigenvalue weighted by atomic mass is 16.6. The van der Waals surface area contributed by atoms with E-state index in [1.165, 1.54) is 31.3 Å². The minimum absolute atomic E-state index is 0.223. The minimum Gasteiger partial charge on any atom is -0.389 e. The highest BCUT2D eigenvalue weighted by Gasteiger charge is 2.42. The molecule has 0 bridgehead atoms. The zero-order chi connectivity index (χ0) is 9.71. The molecule has 1 aliphatic heterocycles. The summed E-state index contributed by atoms with van der Waals surface area (Å²) in [6.07, 6.45) is 4.99. The number of hydrogen-bond donors (Lipinski definition) is 0. The van der Waals surface area contributed by atoms with Gasteiger partial charge in [0.1, 0.15) is 0 Å². The van der Waals surface area contributed by atoms with E-state index in [9.17, 15) is 9.59 Å². The van der Waals surface area contributed by atoms with Gasteiger partial charge in [-0.15, -0.1) is 0 Å². The van der Waals surface area contributed by atoms with Crippen LogP contribution in [-0.2, 0) is 14.3 Å². The Bertz CT molecular complexity index is 332. The van der Waals surface area contributed by atoms with E-state index in [0.29, 0.717) is 17.4 Å². The maximum atomic E-state index is 11.4. The first-order chi connectivity index (χ1) is 6.75. The smallest absolute Gasteiger partial charge is 0.342 e. The van der Waals surface area contributed by atoms with Crippen LogP contribution in [0.3, 0.4) is 0 Å². The van der Waals surface area contributed by atoms with Crippen LogP contribution < -0.4 is 0 Å². The molecule has 3 fully saturated rings. The van der Waals surface area contributed by atoms with E-state index in [1.54, 1.807) is 0 Å². The van der Waals surface area contributed by atoms with Gasteiger partial charge in [0.2, 0.25) is 0 Å². The molecule has 2 saturated carbocycles. The lowest BCUT2D eigenvalue weighted by molar-refractivity contribution is -0.151. The largest absolute Gasteiger partial charge is 0.389 e. The van der Waals surface area contributed by atoms with Crippen LogP contribution in [-0.4, -0.2) is 11.9 Å². The second-order valence-electron chi connectivity index (χ2n) is 4.42. The summed E-state index contributed by atoms with van der Waals surface area (Å²) in [5.74, 6) is 0.444. The van der Waals surface area contributed by atoms with E-state index in [0.717, 1.165) is 0 Å². The van der Waals surface area contributed by atoms with Crippen molar-refractivity contribution in [2.75, 3.05) is 0 Å². The second kappa shape index (κ2) is 2.69. The molecule has 0 amide bonds.